The predicted octanol–water partition coefficient (Wildman–Crippen LogP) is 2.88. The minimum absolute atomic E-state index is 0.138. The van der Waals surface area contributed by atoms with Gasteiger partial charge >= 0.3 is 0 Å². The topological polar surface area (TPSA) is 64.4 Å². The summed E-state index contributed by atoms with van der Waals surface area (Å²) < 4.78 is 5.32. The maximum absolute atomic E-state index is 10.8. The summed E-state index contributed by atoms with van der Waals surface area (Å²) in [6.07, 6.45) is 3.35. The first kappa shape index (κ1) is 12.8. The maximum Gasteiger partial charge on any atom is 0.271 e. The van der Waals surface area contributed by atoms with E-state index in [1.54, 1.807) is 19.2 Å². The fourth-order valence-corrected chi connectivity index (χ4v) is 2.47. The zero-order chi connectivity index (χ0) is 13.1. The first-order valence-electron chi connectivity index (χ1n) is 6.14. The lowest BCUT2D eigenvalue weighted by Crippen LogP contribution is -2.17. The Morgan fingerprint density at radius 3 is 2.78 bits per heavy atom. The van der Waals surface area contributed by atoms with Crippen LogP contribution in [-0.2, 0) is 4.74 Å². The molecule has 2 rings (SSSR count). The monoisotopic (exact) mass is 250 g/mol. The van der Waals surface area contributed by atoms with Gasteiger partial charge in [-0.15, -0.1) is 0 Å². The van der Waals surface area contributed by atoms with Crippen LogP contribution >= 0.6 is 0 Å². The van der Waals surface area contributed by atoms with Crippen molar-refractivity contribution in [2.45, 2.75) is 38.3 Å². The Labute approximate surface area is 106 Å². The summed E-state index contributed by atoms with van der Waals surface area (Å²) in [6.45, 7) is 1.87. The second-order valence-electron chi connectivity index (χ2n) is 4.83. The van der Waals surface area contributed by atoms with Crippen LogP contribution in [0, 0.1) is 17.0 Å². The van der Waals surface area contributed by atoms with E-state index >= 15 is 0 Å². The van der Waals surface area contributed by atoms with Crippen molar-refractivity contribution >= 4 is 11.4 Å². The van der Waals surface area contributed by atoms with E-state index in [2.05, 4.69) is 5.32 Å². The number of hydrogen-bond donors (Lipinski definition) is 1. The summed E-state index contributed by atoms with van der Waals surface area (Å²) in [6, 6.07) is 5.45. The van der Waals surface area contributed by atoms with Gasteiger partial charge in [0.15, 0.2) is 0 Å². The number of anilines is 1. The van der Waals surface area contributed by atoms with Gasteiger partial charge in [-0.1, -0.05) is 0 Å². The van der Waals surface area contributed by atoms with Gasteiger partial charge in [0.25, 0.3) is 5.69 Å². The zero-order valence-electron chi connectivity index (χ0n) is 10.7. The lowest BCUT2D eigenvalue weighted by atomic mass is 10.1. The Kier molecular flexibility index (Phi) is 3.81. The third-order valence-corrected chi connectivity index (χ3v) is 3.36. The fraction of sp³-hybridized carbons (Fsp3) is 0.538. The molecule has 98 valence electrons. The van der Waals surface area contributed by atoms with E-state index in [0.29, 0.717) is 12.1 Å². The SMILES string of the molecule is COC1CCC(Nc2cc(C)cc([N+](=O)[O-])c2)C1. The number of non-ortho nitro benzene ring substituents is 1. The quantitative estimate of drug-likeness (QED) is 0.659. The molecule has 5 heteroatoms. The molecule has 2 atom stereocenters. The lowest BCUT2D eigenvalue weighted by Gasteiger charge is -2.14. The Bertz CT molecular complexity index is 448. The first-order chi connectivity index (χ1) is 8.58. The van der Waals surface area contributed by atoms with Crippen molar-refractivity contribution in [2.24, 2.45) is 0 Å². The van der Waals surface area contributed by atoms with Gasteiger partial charge in [-0.25, -0.2) is 0 Å². The van der Waals surface area contributed by atoms with Crippen LogP contribution in [0.4, 0.5) is 11.4 Å². The van der Waals surface area contributed by atoms with Crippen LogP contribution in [0.2, 0.25) is 0 Å². The molecule has 0 heterocycles. The first-order valence-corrected chi connectivity index (χ1v) is 6.14. The maximum atomic E-state index is 10.8. The van der Waals surface area contributed by atoms with Crippen LogP contribution < -0.4 is 5.32 Å². The zero-order valence-corrected chi connectivity index (χ0v) is 10.7. The standard InChI is InChI=1S/C13H18N2O3/c1-9-5-11(7-12(6-9)15(16)17)14-10-3-4-13(8-10)18-2/h5-7,10,13-14H,3-4,8H2,1-2H3. The highest BCUT2D eigenvalue weighted by Gasteiger charge is 2.24. The summed E-state index contributed by atoms with van der Waals surface area (Å²) in [7, 11) is 1.73. The fourth-order valence-electron chi connectivity index (χ4n) is 2.47. The summed E-state index contributed by atoms with van der Waals surface area (Å²) >= 11 is 0. The van der Waals surface area contributed by atoms with Gasteiger partial charge in [-0.05, 0) is 37.8 Å². The van der Waals surface area contributed by atoms with E-state index in [-0.39, 0.29) is 10.6 Å². The van der Waals surface area contributed by atoms with E-state index in [1.807, 2.05) is 13.0 Å². The molecule has 0 aliphatic heterocycles. The Hall–Kier alpha value is -1.62. The molecule has 1 aromatic rings. The van der Waals surface area contributed by atoms with Crippen LogP contribution in [0.3, 0.4) is 0 Å². The molecule has 0 bridgehead atoms. The number of nitro groups is 1. The largest absolute Gasteiger partial charge is 0.382 e. The van der Waals surface area contributed by atoms with Crippen molar-refractivity contribution < 1.29 is 9.66 Å². The van der Waals surface area contributed by atoms with Gasteiger partial charge in [0.1, 0.15) is 0 Å². The molecule has 0 spiro atoms. The second-order valence-corrected chi connectivity index (χ2v) is 4.83. The Morgan fingerprint density at radius 2 is 2.17 bits per heavy atom. The van der Waals surface area contributed by atoms with E-state index in [4.69, 9.17) is 4.74 Å². The summed E-state index contributed by atoms with van der Waals surface area (Å²) in [5.74, 6) is 0. The number of aryl methyl sites for hydroxylation is 1. The minimum Gasteiger partial charge on any atom is -0.382 e. The van der Waals surface area contributed by atoms with Gasteiger partial charge in [-0.3, -0.25) is 10.1 Å². The van der Waals surface area contributed by atoms with E-state index in [9.17, 15) is 10.1 Å². The molecule has 1 aliphatic carbocycles. The van der Waals surface area contributed by atoms with Gasteiger partial charge in [-0.2, -0.15) is 0 Å². The van der Waals surface area contributed by atoms with Crippen molar-refractivity contribution in [2.75, 3.05) is 12.4 Å². The molecule has 1 saturated carbocycles. The number of nitro benzene ring substituents is 1. The van der Waals surface area contributed by atoms with Crippen molar-refractivity contribution in [3.8, 4) is 0 Å². The van der Waals surface area contributed by atoms with Crippen LogP contribution in [0.5, 0.6) is 0 Å². The molecule has 1 aromatic carbocycles. The van der Waals surface area contributed by atoms with Crippen LogP contribution in [0.15, 0.2) is 18.2 Å². The molecule has 5 nitrogen and oxygen atoms in total. The summed E-state index contributed by atoms with van der Waals surface area (Å²) in [5.41, 5.74) is 1.86. The summed E-state index contributed by atoms with van der Waals surface area (Å²) in [5, 5.41) is 14.2. The summed E-state index contributed by atoms with van der Waals surface area (Å²) in [4.78, 5) is 10.4. The average Bonchev–Trinajstić information content (AvgIpc) is 2.76. The third kappa shape index (κ3) is 2.98. The van der Waals surface area contributed by atoms with Gasteiger partial charge in [0.05, 0.1) is 11.0 Å². The number of nitrogens with one attached hydrogen (secondary N) is 1. The van der Waals surface area contributed by atoms with Crippen LogP contribution in [-0.4, -0.2) is 24.2 Å². The number of nitrogens with zero attached hydrogens (tertiary/aromatic N) is 1. The molecule has 0 aromatic heterocycles. The molecule has 2 unspecified atom stereocenters. The van der Waals surface area contributed by atoms with Crippen LogP contribution in [0.1, 0.15) is 24.8 Å². The number of methoxy groups -OCH3 is 1. The highest BCUT2D eigenvalue weighted by Crippen LogP contribution is 2.27. The molecule has 1 fully saturated rings. The van der Waals surface area contributed by atoms with E-state index < -0.39 is 0 Å². The van der Waals surface area contributed by atoms with Gasteiger partial charge in [0, 0.05) is 31.0 Å². The normalized spacial score (nSPS) is 23.0. The molecule has 0 saturated heterocycles. The number of ether oxygens (including phenoxy) is 1. The van der Waals surface area contributed by atoms with Crippen LogP contribution in [0.25, 0.3) is 0 Å². The molecule has 18 heavy (non-hydrogen) atoms. The van der Waals surface area contributed by atoms with Gasteiger partial charge < -0.3 is 10.1 Å². The van der Waals surface area contributed by atoms with Crippen molar-refractivity contribution in [3.63, 3.8) is 0 Å². The number of rotatable bonds is 4. The molecule has 1 N–H and O–H groups in total. The molecular weight excluding hydrogens is 232 g/mol. The second kappa shape index (κ2) is 5.35. The number of benzene rings is 1. The highest BCUT2D eigenvalue weighted by atomic mass is 16.6. The van der Waals surface area contributed by atoms with E-state index in [0.717, 1.165) is 30.5 Å². The molecule has 0 radical (unpaired) electrons. The average molecular weight is 250 g/mol. The Morgan fingerprint density at radius 1 is 1.39 bits per heavy atom. The third-order valence-electron chi connectivity index (χ3n) is 3.36. The molecular formula is C13H18N2O3. The number of hydrogen-bond acceptors (Lipinski definition) is 4. The van der Waals surface area contributed by atoms with Gasteiger partial charge in [0.2, 0.25) is 0 Å². The smallest absolute Gasteiger partial charge is 0.271 e. The van der Waals surface area contributed by atoms with Crippen molar-refractivity contribution in [3.05, 3.63) is 33.9 Å². The molecule has 1 aliphatic rings. The lowest BCUT2D eigenvalue weighted by molar-refractivity contribution is -0.384. The van der Waals surface area contributed by atoms with Crippen molar-refractivity contribution in [1.82, 2.24) is 0 Å². The predicted molar refractivity (Wildman–Crippen MR) is 69.9 cm³/mol. The Balaban J connectivity index is 2.07. The van der Waals surface area contributed by atoms with E-state index in [1.165, 1.54) is 0 Å². The van der Waals surface area contributed by atoms with Crippen molar-refractivity contribution in [1.29, 1.82) is 0 Å². The highest BCUT2D eigenvalue weighted by molar-refractivity contribution is 5.54. The molecule has 0 amide bonds. The minimum atomic E-state index is -0.356.